The molecule has 2 rings (SSSR count). The number of aromatic nitrogens is 1. The van der Waals surface area contributed by atoms with Crippen LogP contribution < -0.4 is 5.32 Å². The van der Waals surface area contributed by atoms with Crippen LogP contribution in [0.25, 0.3) is 0 Å². The van der Waals surface area contributed by atoms with Gasteiger partial charge in [-0.15, -0.1) is 11.8 Å². The number of hydrogen-bond donors (Lipinski definition) is 1. The molecule has 0 spiro atoms. The van der Waals surface area contributed by atoms with Crippen molar-refractivity contribution in [3.05, 3.63) is 24.0 Å². The first-order valence-corrected chi connectivity index (χ1v) is 6.59. The van der Waals surface area contributed by atoms with Crippen molar-refractivity contribution in [3.8, 4) is 0 Å². The molecule has 4 heteroatoms. The van der Waals surface area contributed by atoms with E-state index < -0.39 is 0 Å². The summed E-state index contributed by atoms with van der Waals surface area (Å²) in [5.41, 5.74) is 1.12. The molecular weight excluding hydrogens is 220 g/mol. The van der Waals surface area contributed by atoms with Gasteiger partial charge >= 0.3 is 0 Å². The van der Waals surface area contributed by atoms with Crippen molar-refractivity contribution in [2.24, 2.45) is 0 Å². The molecule has 1 N–H and O–H groups in total. The smallest absolute Gasteiger partial charge is 0.0611 e. The zero-order valence-electron chi connectivity index (χ0n) is 9.77. The lowest BCUT2D eigenvalue weighted by Crippen LogP contribution is -2.30. The predicted octanol–water partition coefficient (Wildman–Crippen LogP) is 2.24. The molecule has 88 valence electrons. The molecule has 1 aromatic heterocycles. The molecule has 0 amide bonds. The molecule has 1 atom stereocenters. The van der Waals surface area contributed by atoms with Gasteiger partial charge in [0.15, 0.2) is 0 Å². The lowest BCUT2D eigenvalue weighted by Gasteiger charge is -2.25. The fourth-order valence-electron chi connectivity index (χ4n) is 1.70. The van der Waals surface area contributed by atoms with Gasteiger partial charge in [-0.1, -0.05) is 6.92 Å². The number of thioether (sulfide) groups is 1. The minimum Gasteiger partial charge on any atom is -0.379 e. The second-order valence-corrected chi connectivity index (χ2v) is 5.32. The minimum absolute atomic E-state index is 0.367. The Kier molecular flexibility index (Phi) is 4.21. The van der Waals surface area contributed by atoms with E-state index in [2.05, 4.69) is 29.4 Å². The van der Waals surface area contributed by atoms with Crippen LogP contribution in [0.3, 0.4) is 0 Å². The van der Waals surface area contributed by atoms with Crippen molar-refractivity contribution in [3.63, 3.8) is 0 Å². The second kappa shape index (κ2) is 5.66. The Morgan fingerprint density at radius 2 is 2.38 bits per heavy atom. The van der Waals surface area contributed by atoms with E-state index in [0.717, 1.165) is 25.3 Å². The van der Waals surface area contributed by atoms with Crippen molar-refractivity contribution >= 4 is 11.8 Å². The Hall–Kier alpha value is -0.580. The molecule has 0 aromatic carbocycles. The first-order valence-electron chi connectivity index (χ1n) is 5.71. The molecular formula is C12H18N2OS. The van der Waals surface area contributed by atoms with Gasteiger partial charge in [-0.2, -0.15) is 0 Å². The quantitative estimate of drug-likeness (QED) is 0.853. The molecule has 16 heavy (non-hydrogen) atoms. The largest absolute Gasteiger partial charge is 0.379 e. The van der Waals surface area contributed by atoms with Gasteiger partial charge < -0.3 is 10.1 Å². The van der Waals surface area contributed by atoms with E-state index in [1.165, 1.54) is 4.90 Å². The first-order chi connectivity index (χ1) is 7.83. The van der Waals surface area contributed by atoms with Gasteiger partial charge in [0.2, 0.25) is 0 Å². The molecule has 1 saturated heterocycles. The van der Waals surface area contributed by atoms with Crippen molar-refractivity contribution in [2.75, 3.05) is 20.3 Å². The van der Waals surface area contributed by atoms with E-state index in [1.54, 1.807) is 0 Å². The fourth-order valence-corrected chi connectivity index (χ4v) is 2.68. The monoisotopic (exact) mass is 238 g/mol. The summed E-state index contributed by atoms with van der Waals surface area (Å²) < 4.78 is 5.15. The zero-order valence-corrected chi connectivity index (χ0v) is 10.6. The number of hydrogen-bond acceptors (Lipinski definition) is 4. The van der Waals surface area contributed by atoms with Crippen LogP contribution in [0.5, 0.6) is 0 Å². The Labute approximate surface area is 101 Å². The second-order valence-electron chi connectivity index (χ2n) is 3.95. The highest BCUT2D eigenvalue weighted by Gasteiger charge is 2.19. The van der Waals surface area contributed by atoms with Gasteiger partial charge in [0, 0.05) is 17.1 Å². The third-order valence-electron chi connectivity index (χ3n) is 2.78. The maximum absolute atomic E-state index is 5.15. The van der Waals surface area contributed by atoms with Crippen LogP contribution in [0.4, 0.5) is 0 Å². The summed E-state index contributed by atoms with van der Waals surface area (Å²) in [7, 11) is 1.98. The highest BCUT2D eigenvalue weighted by molar-refractivity contribution is 8.00. The van der Waals surface area contributed by atoms with Gasteiger partial charge in [0.25, 0.3) is 0 Å². The normalized spacial score (nSPS) is 18.1. The number of rotatable bonds is 5. The van der Waals surface area contributed by atoms with E-state index in [-0.39, 0.29) is 0 Å². The Morgan fingerprint density at radius 1 is 1.56 bits per heavy atom. The number of pyridine rings is 1. The van der Waals surface area contributed by atoms with Crippen LogP contribution in [0.15, 0.2) is 23.2 Å². The molecule has 3 nitrogen and oxygen atoms in total. The molecule has 1 unspecified atom stereocenters. The fraction of sp³-hybridized carbons (Fsp3) is 0.583. The van der Waals surface area contributed by atoms with Crippen LogP contribution in [0, 0.1) is 0 Å². The molecule has 0 saturated carbocycles. The van der Waals surface area contributed by atoms with E-state index in [1.807, 2.05) is 25.0 Å². The van der Waals surface area contributed by atoms with Gasteiger partial charge in [-0.3, -0.25) is 4.98 Å². The molecule has 0 bridgehead atoms. The van der Waals surface area contributed by atoms with E-state index >= 15 is 0 Å². The molecule has 1 aliphatic heterocycles. The van der Waals surface area contributed by atoms with Gasteiger partial charge in [0.1, 0.15) is 0 Å². The maximum Gasteiger partial charge on any atom is 0.0611 e. The summed E-state index contributed by atoms with van der Waals surface area (Å²) in [6, 6.07) is 4.64. The van der Waals surface area contributed by atoms with E-state index in [9.17, 15) is 0 Å². The summed E-state index contributed by atoms with van der Waals surface area (Å²) in [6.07, 6.45) is 3.03. The number of nitrogens with zero attached hydrogens (tertiary/aromatic N) is 1. The number of nitrogens with one attached hydrogen (secondary N) is 1. The van der Waals surface area contributed by atoms with Crippen LogP contribution >= 0.6 is 11.8 Å². The first kappa shape index (κ1) is 11.9. The predicted molar refractivity (Wildman–Crippen MR) is 66.8 cm³/mol. The SMILES string of the molecule is CCC(NC)c1ccc(SC2COC2)cn1. The van der Waals surface area contributed by atoms with Crippen LogP contribution in [0.1, 0.15) is 25.1 Å². The van der Waals surface area contributed by atoms with Gasteiger partial charge in [0.05, 0.1) is 24.2 Å². The molecule has 2 heterocycles. The van der Waals surface area contributed by atoms with Gasteiger partial charge in [-0.25, -0.2) is 0 Å². The maximum atomic E-state index is 5.15. The average molecular weight is 238 g/mol. The summed E-state index contributed by atoms with van der Waals surface area (Å²) in [6.45, 7) is 3.91. The van der Waals surface area contributed by atoms with Crippen molar-refractivity contribution < 1.29 is 4.74 Å². The Morgan fingerprint density at radius 3 is 2.81 bits per heavy atom. The Balaban J connectivity index is 1.97. The van der Waals surface area contributed by atoms with Crippen LogP contribution in [-0.4, -0.2) is 30.5 Å². The van der Waals surface area contributed by atoms with E-state index in [0.29, 0.717) is 11.3 Å². The zero-order chi connectivity index (χ0) is 11.4. The molecule has 0 radical (unpaired) electrons. The lowest BCUT2D eigenvalue weighted by molar-refractivity contribution is 0.0455. The van der Waals surface area contributed by atoms with Gasteiger partial charge in [-0.05, 0) is 25.6 Å². The average Bonchev–Trinajstić information content (AvgIpc) is 2.27. The van der Waals surface area contributed by atoms with Crippen molar-refractivity contribution in [1.29, 1.82) is 0 Å². The van der Waals surface area contributed by atoms with Crippen molar-refractivity contribution in [2.45, 2.75) is 29.5 Å². The van der Waals surface area contributed by atoms with E-state index in [4.69, 9.17) is 4.74 Å². The molecule has 1 fully saturated rings. The third-order valence-corrected chi connectivity index (χ3v) is 3.90. The highest BCUT2D eigenvalue weighted by Crippen LogP contribution is 2.28. The highest BCUT2D eigenvalue weighted by atomic mass is 32.2. The summed E-state index contributed by atoms with van der Waals surface area (Å²) in [4.78, 5) is 5.75. The molecule has 1 aromatic rings. The summed E-state index contributed by atoms with van der Waals surface area (Å²) in [5, 5.41) is 3.89. The summed E-state index contributed by atoms with van der Waals surface area (Å²) >= 11 is 1.86. The number of ether oxygens (including phenoxy) is 1. The molecule has 1 aliphatic rings. The summed E-state index contributed by atoms with van der Waals surface area (Å²) in [5.74, 6) is 0. The van der Waals surface area contributed by atoms with Crippen LogP contribution in [-0.2, 0) is 4.74 Å². The van der Waals surface area contributed by atoms with Crippen LogP contribution in [0.2, 0.25) is 0 Å². The lowest BCUT2D eigenvalue weighted by atomic mass is 10.1. The van der Waals surface area contributed by atoms with Crippen molar-refractivity contribution in [1.82, 2.24) is 10.3 Å². The topological polar surface area (TPSA) is 34.1 Å². The standard InChI is InChI=1S/C12H18N2OS/c1-3-11(13-2)12-5-4-9(6-14-12)16-10-7-15-8-10/h4-6,10-11,13H,3,7-8H2,1-2H3. The molecule has 0 aliphatic carbocycles. The Bertz CT molecular complexity index is 320. The third kappa shape index (κ3) is 2.75. The minimum atomic E-state index is 0.367.